The van der Waals surface area contributed by atoms with E-state index in [1.165, 1.54) is 16.8 Å². The molecule has 1 aliphatic carbocycles. The highest BCUT2D eigenvalue weighted by Crippen LogP contribution is 2.21. The van der Waals surface area contributed by atoms with Crippen LogP contribution in [0.25, 0.3) is 0 Å². The summed E-state index contributed by atoms with van der Waals surface area (Å²) in [6, 6.07) is 2.95. The summed E-state index contributed by atoms with van der Waals surface area (Å²) in [7, 11) is 1.82. The lowest BCUT2D eigenvalue weighted by atomic mass is 9.94. The van der Waals surface area contributed by atoms with Crippen LogP contribution >= 0.6 is 35.3 Å². The van der Waals surface area contributed by atoms with Crippen LogP contribution in [0.15, 0.2) is 28.0 Å². The Morgan fingerprint density at radius 2 is 2.33 bits per heavy atom. The lowest BCUT2D eigenvalue weighted by Gasteiger charge is -2.24. The Balaban J connectivity index is 0.00000208. The SMILES string of the molecule is CN=C(NCc1ccsc1)NC1CCc2cn(C(C)C)nc2C1.I. The molecule has 1 aliphatic rings. The van der Waals surface area contributed by atoms with Gasteiger partial charge in [0.05, 0.1) is 5.69 Å². The molecule has 0 saturated heterocycles. The number of guanidine groups is 1. The first-order valence-electron chi connectivity index (χ1n) is 8.21. The van der Waals surface area contributed by atoms with Crippen molar-refractivity contribution in [3.8, 4) is 0 Å². The van der Waals surface area contributed by atoms with Crippen LogP contribution < -0.4 is 10.6 Å². The Labute approximate surface area is 165 Å². The van der Waals surface area contributed by atoms with E-state index in [1.807, 2.05) is 7.05 Å². The van der Waals surface area contributed by atoms with Gasteiger partial charge in [-0.1, -0.05) is 0 Å². The summed E-state index contributed by atoms with van der Waals surface area (Å²) < 4.78 is 2.08. The standard InChI is InChI=1S/C17H25N5S.HI/c1-12(2)22-10-14-4-5-15(8-16(14)21-22)20-17(18-3)19-9-13-6-7-23-11-13;/h6-7,10-12,15H,4-5,8-9H2,1-3H3,(H2,18,19,20);1H. The minimum atomic E-state index is 0. The van der Waals surface area contributed by atoms with E-state index in [2.05, 4.69) is 57.2 Å². The van der Waals surface area contributed by atoms with Gasteiger partial charge in [-0.3, -0.25) is 9.67 Å². The maximum atomic E-state index is 4.74. The topological polar surface area (TPSA) is 54.2 Å². The van der Waals surface area contributed by atoms with Crippen molar-refractivity contribution in [2.45, 2.75) is 51.7 Å². The summed E-state index contributed by atoms with van der Waals surface area (Å²) in [5.74, 6) is 0.868. The molecular weight excluding hydrogens is 433 g/mol. The van der Waals surface area contributed by atoms with E-state index in [4.69, 9.17) is 5.10 Å². The molecule has 7 heteroatoms. The van der Waals surface area contributed by atoms with Crippen molar-refractivity contribution in [2.24, 2.45) is 4.99 Å². The van der Waals surface area contributed by atoms with Crippen molar-refractivity contribution < 1.29 is 0 Å². The van der Waals surface area contributed by atoms with Crippen molar-refractivity contribution in [3.05, 3.63) is 39.8 Å². The molecule has 3 rings (SSSR count). The average Bonchev–Trinajstić information content (AvgIpc) is 3.20. The molecule has 0 aliphatic heterocycles. The molecule has 0 saturated carbocycles. The molecule has 1 atom stereocenters. The highest BCUT2D eigenvalue weighted by atomic mass is 127. The maximum absolute atomic E-state index is 4.74. The lowest BCUT2D eigenvalue weighted by Crippen LogP contribution is -2.45. The quantitative estimate of drug-likeness (QED) is 0.419. The molecule has 0 spiro atoms. The fraction of sp³-hybridized carbons (Fsp3) is 0.529. The van der Waals surface area contributed by atoms with E-state index in [0.717, 1.165) is 31.8 Å². The van der Waals surface area contributed by atoms with Gasteiger partial charge in [-0.05, 0) is 54.6 Å². The second kappa shape index (κ2) is 8.84. The monoisotopic (exact) mass is 459 g/mol. The van der Waals surface area contributed by atoms with Crippen molar-refractivity contribution in [3.63, 3.8) is 0 Å². The zero-order valence-electron chi connectivity index (χ0n) is 14.5. The summed E-state index contributed by atoms with van der Waals surface area (Å²) >= 11 is 1.72. The van der Waals surface area contributed by atoms with E-state index >= 15 is 0 Å². The summed E-state index contributed by atoms with van der Waals surface area (Å²) in [5, 5.41) is 15.9. The number of nitrogens with zero attached hydrogens (tertiary/aromatic N) is 3. The van der Waals surface area contributed by atoms with Gasteiger partial charge >= 0.3 is 0 Å². The smallest absolute Gasteiger partial charge is 0.191 e. The van der Waals surface area contributed by atoms with Crippen LogP contribution in [0.1, 0.15) is 43.1 Å². The maximum Gasteiger partial charge on any atom is 0.191 e. The average molecular weight is 459 g/mol. The molecule has 132 valence electrons. The van der Waals surface area contributed by atoms with Crippen LogP contribution in [0, 0.1) is 0 Å². The van der Waals surface area contributed by atoms with E-state index in [9.17, 15) is 0 Å². The highest BCUT2D eigenvalue weighted by Gasteiger charge is 2.22. The molecule has 24 heavy (non-hydrogen) atoms. The molecule has 0 fully saturated rings. The van der Waals surface area contributed by atoms with E-state index in [-0.39, 0.29) is 24.0 Å². The third-order valence-corrected chi connectivity index (χ3v) is 4.96. The van der Waals surface area contributed by atoms with Crippen molar-refractivity contribution in [1.29, 1.82) is 0 Å². The van der Waals surface area contributed by atoms with Crippen LogP contribution in [0.4, 0.5) is 0 Å². The van der Waals surface area contributed by atoms with Crippen molar-refractivity contribution in [2.75, 3.05) is 7.05 Å². The van der Waals surface area contributed by atoms with Crippen molar-refractivity contribution in [1.82, 2.24) is 20.4 Å². The Morgan fingerprint density at radius 3 is 3.00 bits per heavy atom. The van der Waals surface area contributed by atoms with E-state index in [0.29, 0.717) is 12.1 Å². The zero-order chi connectivity index (χ0) is 16.2. The number of hydrogen-bond acceptors (Lipinski definition) is 3. The van der Waals surface area contributed by atoms with Gasteiger partial charge in [0.2, 0.25) is 0 Å². The first-order valence-corrected chi connectivity index (χ1v) is 9.15. The van der Waals surface area contributed by atoms with Crippen LogP contribution in [0.2, 0.25) is 0 Å². The van der Waals surface area contributed by atoms with Gasteiger partial charge in [0.25, 0.3) is 0 Å². The molecule has 2 heterocycles. The van der Waals surface area contributed by atoms with Gasteiger partial charge in [-0.25, -0.2) is 0 Å². The first-order chi connectivity index (χ1) is 11.2. The molecule has 0 radical (unpaired) electrons. The number of aryl methyl sites for hydroxylation is 1. The first kappa shape index (κ1) is 19.2. The number of aliphatic imine (C=N–C) groups is 1. The molecule has 1 unspecified atom stereocenters. The van der Waals surface area contributed by atoms with Gasteiger partial charge < -0.3 is 10.6 Å². The van der Waals surface area contributed by atoms with Crippen LogP contribution in [-0.2, 0) is 19.4 Å². The molecule has 0 bridgehead atoms. The minimum Gasteiger partial charge on any atom is -0.353 e. The summed E-state index contributed by atoms with van der Waals surface area (Å²) in [6.07, 6.45) is 5.38. The van der Waals surface area contributed by atoms with Gasteiger partial charge in [0.1, 0.15) is 0 Å². The molecule has 2 aromatic rings. The third-order valence-electron chi connectivity index (χ3n) is 4.23. The molecular formula is C17H26IN5S. The fourth-order valence-corrected chi connectivity index (χ4v) is 3.54. The summed E-state index contributed by atoms with van der Waals surface area (Å²) in [5.41, 5.74) is 3.92. The number of fused-ring (bicyclic) bond motifs is 1. The Bertz CT molecular complexity index is 663. The molecule has 2 N–H and O–H groups in total. The Hall–Kier alpha value is -1.09. The van der Waals surface area contributed by atoms with E-state index in [1.54, 1.807) is 11.3 Å². The molecule has 2 aromatic heterocycles. The fourth-order valence-electron chi connectivity index (χ4n) is 2.87. The number of nitrogens with one attached hydrogen (secondary N) is 2. The number of thiophene rings is 1. The van der Waals surface area contributed by atoms with E-state index < -0.39 is 0 Å². The van der Waals surface area contributed by atoms with Crippen LogP contribution in [-0.4, -0.2) is 28.8 Å². The minimum absolute atomic E-state index is 0. The van der Waals surface area contributed by atoms with Gasteiger partial charge in [-0.2, -0.15) is 16.4 Å². The van der Waals surface area contributed by atoms with Crippen molar-refractivity contribution >= 4 is 41.3 Å². The summed E-state index contributed by atoms with van der Waals surface area (Å²) in [6.45, 7) is 5.15. The number of rotatable bonds is 4. The predicted octanol–water partition coefficient (Wildman–Crippen LogP) is 3.37. The zero-order valence-corrected chi connectivity index (χ0v) is 17.6. The van der Waals surface area contributed by atoms with Crippen LogP contribution in [0.5, 0.6) is 0 Å². The lowest BCUT2D eigenvalue weighted by molar-refractivity contribution is 0.499. The van der Waals surface area contributed by atoms with Gasteiger partial charge in [-0.15, -0.1) is 24.0 Å². The molecule has 0 aromatic carbocycles. The van der Waals surface area contributed by atoms with Gasteiger partial charge in [0.15, 0.2) is 5.96 Å². The second-order valence-electron chi connectivity index (χ2n) is 6.32. The van der Waals surface area contributed by atoms with Gasteiger partial charge in [0, 0.05) is 38.3 Å². The largest absolute Gasteiger partial charge is 0.353 e. The predicted molar refractivity (Wildman–Crippen MR) is 111 cm³/mol. The Morgan fingerprint density at radius 1 is 1.50 bits per heavy atom. The third kappa shape index (κ3) is 4.72. The normalized spacial score (nSPS) is 17.3. The number of halogens is 1. The number of hydrogen-bond donors (Lipinski definition) is 2. The Kier molecular flexibility index (Phi) is 7.09. The molecule has 5 nitrogen and oxygen atoms in total. The van der Waals surface area contributed by atoms with Crippen LogP contribution in [0.3, 0.4) is 0 Å². The highest BCUT2D eigenvalue weighted by molar-refractivity contribution is 14.0. The number of aromatic nitrogens is 2. The summed E-state index contributed by atoms with van der Waals surface area (Å²) in [4.78, 5) is 4.34. The second-order valence-corrected chi connectivity index (χ2v) is 7.10. The molecule has 0 amide bonds.